The average Bonchev–Trinajstić information content (AvgIpc) is 2.60. The van der Waals surface area contributed by atoms with E-state index >= 15 is 0 Å². The number of esters is 1. The van der Waals surface area contributed by atoms with Crippen molar-refractivity contribution in [3.8, 4) is 5.75 Å². The molecular formula is C20H28N2O4. The Morgan fingerprint density at radius 3 is 2.54 bits per heavy atom. The molecule has 2 heterocycles. The zero-order valence-corrected chi connectivity index (χ0v) is 15.9. The van der Waals surface area contributed by atoms with Crippen molar-refractivity contribution in [1.82, 2.24) is 4.90 Å². The van der Waals surface area contributed by atoms with Gasteiger partial charge in [-0.15, -0.1) is 0 Å². The smallest absolute Gasteiger partial charge is 0.326 e. The molecule has 1 saturated heterocycles. The van der Waals surface area contributed by atoms with Crippen LogP contribution in [0.3, 0.4) is 0 Å². The predicted octanol–water partition coefficient (Wildman–Crippen LogP) is 2.61. The highest BCUT2D eigenvalue weighted by atomic mass is 16.6. The molecule has 1 atom stereocenters. The molecule has 0 spiro atoms. The topological polar surface area (TPSA) is 59.1 Å². The second-order valence-corrected chi connectivity index (χ2v) is 7.93. The van der Waals surface area contributed by atoms with Crippen molar-refractivity contribution in [3.05, 3.63) is 24.3 Å². The zero-order chi connectivity index (χ0) is 18.7. The lowest BCUT2D eigenvalue weighted by atomic mass is 10.1. The van der Waals surface area contributed by atoms with Crippen LogP contribution < -0.4 is 9.64 Å². The number of piperidine rings is 1. The molecule has 2 aliphatic heterocycles. The number of para-hydroxylation sites is 2. The molecule has 0 radical (unpaired) electrons. The number of fused-ring (bicyclic) bond motifs is 1. The molecular weight excluding hydrogens is 332 g/mol. The van der Waals surface area contributed by atoms with Gasteiger partial charge in [-0.3, -0.25) is 9.59 Å². The van der Waals surface area contributed by atoms with Crippen LogP contribution in [0.25, 0.3) is 0 Å². The van der Waals surface area contributed by atoms with E-state index in [1.54, 1.807) is 0 Å². The fraction of sp³-hybridized carbons (Fsp3) is 0.600. The molecule has 1 amide bonds. The fourth-order valence-corrected chi connectivity index (χ4v) is 3.43. The molecule has 2 aliphatic rings. The average molecular weight is 360 g/mol. The van der Waals surface area contributed by atoms with Gasteiger partial charge in [-0.25, -0.2) is 0 Å². The molecule has 26 heavy (non-hydrogen) atoms. The minimum absolute atomic E-state index is 0.00777. The summed E-state index contributed by atoms with van der Waals surface area (Å²) in [5, 5.41) is 0. The number of hydrogen-bond acceptors (Lipinski definition) is 5. The van der Waals surface area contributed by atoms with E-state index in [0.717, 1.165) is 31.6 Å². The number of ether oxygens (including phenoxy) is 2. The van der Waals surface area contributed by atoms with E-state index < -0.39 is 11.7 Å². The number of hydrogen-bond donors (Lipinski definition) is 0. The van der Waals surface area contributed by atoms with Gasteiger partial charge < -0.3 is 19.3 Å². The molecule has 0 aromatic heterocycles. The normalized spacial score (nSPS) is 20.2. The number of likely N-dealkylation sites (tertiary alicyclic amines) is 1. The molecule has 1 fully saturated rings. The van der Waals surface area contributed by atoms with Crippen LogP contribution in [0, 0.1) is 0 Å². The van der Waals surface area contributed by atoms with Gasteiger partial charge in [0.05, 0.1) is 12.2 Å². The molecule has 142 valence electrons. The van der Waals surface area contributed by atoms with E-state index in [1.807, 2.05) is 54.8 Å². The maximum atomic E-state index is 12.9. The SMILES string of the molecule is CC(C)(C)OC(=O)CN1CC(C(=O)N2CCCCC2)Oc2ccccc21. The number of rotatable bonds is 3. The van der Waals surface area contributed by atoms with E-state index in [2.05, 4.69) is 0 Å². The summed E-state index contributed by atoms with van der Waals surface area (Å²) in [6, 6.07) is 7.52. The first-order valence-corrected chi connectivity index (χ1v) is 9.35. The van der Waals surface area contributed by atoms with Gasteiger partial charge in [-0.1, -0.05) is 12.1 Å². The first kappa shape index (κ1) is 18.5. The quantitative estimate of drug-likeness (QED) is 0.776. The zero-order valence-electron chi connectivity index (χ0n) is 15.9. The third-order valence-electron chi connectivity index (χ3n) is 4.54. The molecule has 3 rings (SSSR count). The van der Waals surface area contributed by atoms with Gasteiger partial charge in [-0.2, -0.15) is 0 Å². The molecule has 0 bridgehead atoms. The van der Waals surface area contributed by atoms with Crippen molar-refractivity contribution in [3.63, 3.8) is 0 Å². The lowest BCUT2D eigenvalue weighted by molar-refractivity contribution is -0.153. The number of nitrogens with zero attached hydrogens (tertiary/aromatic N) is 2. The van der Waals surface area contributed by atoms with Crippen molar-refractivity contribution >= 4 is 17.6 Å². The second-order valence-electron chi connectivity index (χ2n) is 7.93. The lowest BCUT2D eigenvalue weighted by Gasteiger charge is -2.38. The van der Waals surface area contributed by atoms with Crippen LogP contribution in [0.5, 0.6) is 5.75 Å². The molecule has 0 N–H and O–H groups in total. The predicted molar refractivity (Wildman–Crippen MR) is 99.3 cm³/mol. The highest BCUT2D eigenvalue weighted by Gasteiger charge is 2.35. The largest absolute Gasteiger partial charge is 0.477 e. The Bertz CT molecular complexity index is 662. The number of anilines is 1. The monoisotopic (exact) mass is 360 g/mol. The summed E-state index contributed by atoms with van der Waals surface area (Å²) >= 11 is 0. The van der Waals surface area contributed by atoms with E-state index in [-0.39, 0.29) is 18.4 Å². The summed E-state index contributed by atoms with van der Waals surface area (Å²) in [7, 11) is 0. The van der Waals surface area contributed by atoms with Gasteiger partial charge in [0, 0.05) is 13.1 Å². The number of carbonyl (C=O) groups is 2. The summed E-state index contributed by atoms with van der Waals surface area (Å²) < 4.78 is 11.4. The van der Waals surface area contributed by atoms with Crippen LogP contribution in [-0.4, -0.2) is 54.7 Å². The Morgan fingerprint density at radius 1 is 1.15 bits per heavy atom. The van der Waals surface area contributed by atoms with Crippen molar-refractivity contribution < 1.29 is 19.1 Å². The molecule has 0 saturated carbocycles. The highest BCUT2D eigenvalue weighted by Crippen LogP contribution is 2.33. The third-order valence-corrected chi connectivity index (χ3v) is 4.54. The van der Waals surface area contributed by atoms with Crippen molar-refractivity contribution in [2.75, 3.05) is 31.1 Å². The summed E-state index contributed by atoms with van der Waals surface area (Å²) in [5.74, 6) is 0.337. The first-order chi connectivity index (χ1) is 12.3. The maximum Gasteiger partial charge on any atom is 0.326 e. The summed E-state index contributed by atoms with van der Waals surface area (Å²) in [6.45, 7) is 7.56. The molecule has 1 unspecified atom stereocenters. The van der Waals surface area contributed by atoms with Gasteiger partial charge in [-0.05, 0) is 52.2 Å². The van der Waals surface area contributed by atoms with E-state index in [9.17, 15) is 9.59 Å². The Morgan fingerprint density at radius 2 is 1.85 bits per heavy atom. The summed E-state index contributed by atoms with van der Waals surface area (Å²) in [6.07, 6.45) is 2.65. The van der Waals surface area contributed by atoms with E-state index in [1.165, 1.54) is 6.42 Å². The summed E-state index contributed by atoms with van der Waals surface area (Å²) in [4.78, 5) is 29.0. The summed E-state index contributed by atoms with van der Waals surface area (Å²) in [5.41, 5.74) is 0.285. The van der Waals surface area contributed by atoms with Crippen LogP contribution >= 0.6 is 0 Å². The van der Waals surface area contributed by atoms with Crippen molar-refractivity contribution in [2.24, 2.45) is 0 Å². The molecule has 0 aliphatic carbocycles. The Balaban J connectivity index is 1.75. The minimum atomic E-state index is -0.592. The maximum absolute atomic E-state index is 12.9. The van der Waals surface area contributed by atoms with Crippen molar-refractivity contribution in [2.45, 2.75) is 51.7 Å². The minimum Gasteiger partial charge on any atom is -0.477 e. The standard InChI is InChI=1S/C20H28N2O4/c1-20(2,3)26-18(23)14-22-13-17(19(24)21-11-7-4-8-12-21)25-16-10-6-5-9-15(16)22/h5-6,9-10,17H,4,7-8,11-14H2,1-3H3. The van der Waals surface area contributed by atoms with Gasteiger partial charge in [0.15, 0.2) is 6.10 Å². The van der Waals surface area contributed by atoms with Crippen LogP contribution in [0.1, 0.15) is 40.0 Å². The molecule has 6 heteroatoms. The third kappa shape index (κ3) is 4.48. The molecule has 1 aromatic carbocycles. The van der Waals surface area contributed by atoms with E-state index in [0.29, 0.717) is 12.3 Å². The van der Waals surface area contributed by atoms with Gasteiger partial charge in [0.1, 0.15) is 17.9 Å². The van der Waals surface area contributed by atoms with Crippen LogP contribution in [-0.2, 0) is 14.3 Å². The lowest BCUT2D eigenvalue weighted by Crippen LogP contribution is -2.52. The van der Waals surface area contributed by atoms with Gasteiger partial charge in [0.25, 0.3) is 5.91 Å². The molecule has 6 nitrogen and oxygen atoms in total. The van der Waals surface area contributed by atoms with Crippen LogP contribution in [0.15, 0.2) is 24.3 Å². The van der Waals surface area contributed by atoms with Gasteiger partial charge >= 0.3 is 5.97 Å². The van der Waals surface area contributed by atoms with Crippen molar-refractivity contribution in [1.29, 1.82) is 0 Å². The molecule has 1 aromatic rings. The van der Waals surface area contributed by atoms with Crippen LogP contribution in [0.4, 0.5) is 5.69 Å². The number of amides is 1. The Hall–Kier alpha value is -2.24. The Kier molecular flexibility index (Phi) is 5.39. The van der Waals surface area contributed by atoms with E-state index in [4.69, 9.17) is 9.47 Å². The highest BCUT2D eigenvalue weighted by molar-refractivity contribution is 5.85. The van der Waals surface area contributed by atoms with Crippen LogP contribution in [0.2, 0.25) is 0 Å². The number of carbonyl (C=O) groups excluding carboxylic acids is 2. The number of benzene rings is 1. The Labute approximate surface area is 155 Å². The second kappa shape index (κ2) is 7.56. The first-order valence-electron chi connectivity index (χ1n) is 9.35. The fourth-order valence-electron chi connectivity index (χ4n) is 3.43. The van der Waals surface area contributed by atoms with Gasteiger partial charge in [0.2, 0.25) is 0 Å².